The largest absolute Gasteiger partial charge is 0.465 e. The zero-order valence-electron chi connectivity index (χ0n) is 13.0. The average molecular weight is 270 g/mol. The highest BCUT2D eigenvalue weighted by molar-refractivity contribution is 5.80. The second kappa shape index (κ2) is 7.85. The van der Waals surface area contributed by atoms with Crippen LogP contribution in [0.1, 0.15) is 47.0 Å². The lowest BCUT2D eigenvalue weighted by molar-refractivity contribution is -0.151. The highest BCUT2D eigenvalue weighted by Crippen LogP contribution is 2.27. The van der Waals surface area contributed by atoms with Crippen LogP contribution in [0.4, 0.5) is 0 Å². The van der Waals surface area contributed by atoms with Crippen molar-refractivity contribution in [2.45, 2.75) is 52.5 Å². The van der Waals surface area contributed by atoms with Crippen molar-refractivity contribution in [3.05, 3.63) is 0 Å². The Kier molecular flexibility index (Phi) is 6.80. The Balaban J connectivity index is 2.59. The maximum Gasteiger partial charge on any atom is 0.327 e. The molecular formula is C15H30N2O2. The number of carbonyl (C=O) groups is 1. The Hall–Kier alpha value is -0.610. The number of nitrogens with zero attached hydrogens (tertiary/aromatic N) is 1. The molecule has 1 rings (SSSR count). The summed E-state index contributed by atoms with van der Waals surface area (Å²) in [5, 5.41) is 3.30. The molecule has 0 saturated heterocycles. The van der Waals surface area contributed by atoms with Crippen LogP contribution in [0.15, 0.2) is 0 Å². The Morgan fingerprint density at radius 2 is 2.05 bits per heavy atom. The van der Waals surface area contributed by atoms with E-state index in [-0.39, 0.29) is 5.97 Å². The molecule has 1 unspecified atom stereocenters. The van der Waals surface area contributed by atoms with Crippen molar-refractivity contribution in [3.8, 4) is 0 Å². The number of nitrogens with one attached hydrogen (secondary N) is 1. The van der Waals surface area contributed by atoms with Crippen molar-refractivity contribution in [3.63, 3.8) is 0 Å². The van der Waals surface area contributed by atoms with Gasteiger partial charge in [0.05, 0.1) is 6.61 Å². The standard InChI is InChI=1S/C15H30N2O2/c1-5-16-15(4,14(18)19-7-3)12-17(6-2)11-13-9-8-10-13/h13,16H,5-12H2,1-4H3. The second-order valence-corrected chi connectivity index (χ2v) is 5.71. The first kappa shape index (κ1) is 16.4. The van der Waals surface area contributed by atoms with Crippen molar-refractivity contribution < 1.29 is 9.53 Å². The molecule has 1 saturated carbocycles. The van der Waals surface area contributed by atoms with E-state index in [4.69, 9.17) is 4.74 Å². The van der Waals surface area contributed by atoms with Gasteiger partial charge in [0.25, 0.3) is 0 Å². The van der Waals surface area contributed by atoms with Crippen molar-refractivity contribution >= 4 is 5.97 Å². The van der Waals surface area contributed by atoms with Crippen LogP contribution >= 0.6 is 0 Å². The van der Waals surface area contributed by atoms with E-state index in [1.54, 1.807) is 0 Å². The topological polar surface area (TPSA) is 41.6 Å². The average Bonchev–Trinajstić information content (AvgIpc) is 2.32. The summed E-state index contributed by atoms with van der Waals surface area (Å²) in [6, 6.07) is 0. The number of hydrogen-bond acceptors (Lipinski definition) is 4. The van der Waals surface area contributed by atoms with Crippen LogP contribution in [0.2, 0.25) is 0 Å². The molecule has 0 aromatic rings. The van der Waals surface area contributed by atoms with Gasteiger partial charge in [-0.25, -0.2) is 0 Å². The van der Waals surface area contributed by atoms with E-state index in [0.29, 0.717) is 6.61 Å². The van der Waals surface area contributed by atoms with Crippen molar-refractivity contribution in [2.24, 2.45) is 5.92 Å². The molecule has 0 spiro atoms. The first-order chi connectivity index (χ1) is 9.05. The normalized spacial score (nSPS) is 19.0. The third-order valence-corrected chi connectivity index (χ3v) is 4.02. The summed E-state index contributed by atoms with van der Waals surface area (Å²) in [7, 11) is 0. The summed E-state index contributed by atoms with van der Waals surface area (Å²) in [6.07, 6.45) is 4.05. The fourth-order valence-corrected chi connectivity index (χ4v) is 2.67. The Labute approximate surface area is 117 Å². The third-order valence-electron chi connectivity index (χ3n) is 4.02. The van der Waals surface area contributed by atoms with Gasteiger partial charge in [-0.2, -0.15) is 0 Å². The van der Waals surface area contributed by atoms with Gasteiger partial charge < -0.3 is 15.0 Å². The zero-order valence-corrected chi connectivity index (χ0v) is 13.0. The smallest absolute Gasteiger partial charge is 0.327 e. The molecule has 1 aliphatic carbocycles. The van der Waals surface area contributed by atoms with Crippen LogP contribution in [0.5, 0.6) is 0 Å². The van der Waals surface area contributed by atoms with Gasteiger partial charge in [-0.3, -0.25) is 4.79 Å². The number of carbonyl (C=O) groups excluding carboxylic acids is 1. The van der Waals surface area contributed by atoms with E-state index in [1.165, 1.54) is 19.3 Å². The zero-order chi connectivity index (χ0) is 14.3. The lowest BCUT2D eigenvalue weighted by Crippen LogP contribution is -2.58. The highest BCUT2D eigenvalue weighted by Gasteiger charge is 2.36. The van der Waals surface area contributed by atoms with Gasteiger partial charge in [0.1, 0.15) is 5.54 Å². The second-order valence-electron chi connectivity index (χ2n) is 5.71. The van der Waals surface area contributed by atoms with Gasteiger partial charge in [0.15, 0.2) is 0 Å². The molecule has 1 fully saturated rings. The number of ether oxygens (including phenoxy) is 1. The molecule has 1 aliphatic rings. The molecule has 1 N–H and O–H groups in total. The van der Waals surface area contributed by atoms with Crippen LogP contribution in [0, 0.1) is 5.92 Å². The van der Waals surface area contributed by atoms with E-state index < -0.39 is 5.54 Å². The van der Waals surface area contributed by atoms with Gasteiger partial charge >= 0.3 is 5.97 Å². The molecule has 0 aromatic carbocycles. The quantitative estimate of drug-likeness (QED) is 0.651. The molecular weight excluding hydrogens is 240 g/mol. The van der Waals surface area contributed by atoms with Crippen LogP contribution in [0.25, 0.3) is 0 Å². The minimum atomic E-state index is -0.593. The first-order valence-corrected chi connectivity index (χ1v) is 7.70. The van der Waals surface area contributed by atoms with Crippen molar-refractivity contribution in [2.75, 3.05) is 32.8 Å². The Morgan fingerprint density at radius 3 is 2.47 bits per heavy atom. The van der Waals surface area contributed by atoms with Crippen LogP contribution in [-0.4, -0.2) is 49.2 Å². The van der Waals surface area contributed by atoms with Gasteiger partial charge in [-0.15, -0.1) is 0 Å². The summed E-state index contributed by atoms with van der Waals surface area (Å²) in [5.41, 5.74) is -0.593. The maximum atomic E-state index is 12.2. The van der Waals surface area contributed by atoms with E-state index in [1.807, 2.05) is 20.8 Å². The SMILES string of the molecule is CCNC(C)(CN(CC)CC1CCC1)C(=O)OCC. The number of likely N-dealkylation sites (N-methyl/N-ethyl adjacent to an activating group) is 2. The first-order valence-electron chi connectivity index (χ1n) is 7.70. The minimum absolute atomic E-state index is 0.135. The fourth-order valence-electron chi connectivity index (χ4n) is 2.67. The van der Waals surface area contributed by atoms with E-state index in [2.05, 4.69) is 17.1 Å². The Bertz CT molecular complexity index is 279. The third kappa shape index (κ3) is 4.77. The predicted octanol–water partition coefficient (Wildman–Crippen LogP) is 2.04. The Morgan fingerprint density at radius 1 is 1.37 bits per heavy atom. The molecule has 0 aromatic heterocycles. The lowest BCUT2D eigenvalue weighted by Gasteiger charge is -2.37. The number of rotatable bonds is 9. The fraction of sp³-hybridized carbons (Fsp3) is 0.933. The van der Waals surface area contributed by atoms with Crippen LogP contribution in [-0.2, 0) is 9.53 Å². The molecule has 0 amide bonds. The van der Waals surface area contributed by atoms with E-state index in [0.717, 1.165) is 32.1 Å². The maximum absolute atomic E-state index is 12.2. The molecule has 112 valence electrons. The number of hydrogen-bond donors (Lipinski definition) is 1. The predicted molar refractivity (Wildman–Crippen MR) is 78.2 cm³/mol. The molecule has 19 heavy (non-hydrogen) atoms. The highest BCUT2D eigenvalue weighted by atomic mass is 16.5. The van der Waals surface area contributed by atoms with Gasteiger partial charge in [0, 0.05) is 13.1 Å². The molecule has 0 aliphatic heterocycles. The van der Waals surface area contributed by atoms with Crippen molar-refractivity contribution in [1.82, 2.24) is 10.2 Å². The van der Waals surface area contributed by atoms with Crippen LogP contribution < -0.4 is 5.32 Å². The lowest BCUT2D eigenvalue weighted by atomic mass is 9.85. The summed E-state index contributed by atoms with van der Waals surface area (Å²) in [6.45, 7) is 12.0. The summed E-state index contributed by atoms with van der Waals surface area (Å²) >= 11 is 0. The monoisotopic (exact) mass is 270 g/mol. The van der Waals surface area contributed by atoms with Gasteiger partial charge in [-0.05, 0) is 45.7 Å². The molecule has 4 heteroatoms. The molecule has 0 bridgehead atoms. The number of esters is 1. The van der Waals surface area contributed by atoms with Gasteiger partial charge in [-0.1, -0.05) is 20.3 Å². The summed E-state index contributed by atoms with van der Waals surface area (Å²) < 4.78 is 5.22. The molecule has 1 atom stereocenters. The molecule has 4 nitrogen and oxygen atoms in total. The summed E-state index contributed by atoms with van der Waals surface area (Å²) in [4.78, 5) is 14.5. The van der Waals surface area contributed by atoms with Crippen LogP contribution in [0.3, 0.4) is 0 Å². The molecule has 0 radical (unpaired) electrons. The molecule has 0 heterocycles. The van der Waals surface area contributed by atoms with E-state index >= 15 is 0 Å². The van der Waals surface area contributed by atoms with Crippen molar-refractivity contribution in [1.29, 1.82) is 0 Å². The summed E-state index contributed by atoms with van der Waals surface area (Å²) in [5.74, 6) is 0.692. The van der Waals surface area contributed by atoms with Gasteiger partial charge in [0.2, 0.25) is 0 Å². The van der Waals surface area contributed by atoms with E-state index in [9.17, 15) is 4.79 Å². The minimum Gasteiger partial charge on any atom is -0.465 e.